The molecule has 3 aromatic carbocycles. The molecule has 0 atom stereocenters. The number of hydrogen-bond donors (Lipinski definition) is 1. The molecule has 1 aliphatic carbocycles. The molecule has 0 radical (unpaired) electrons. The lowest BCUT2D eigenvalue weighted by Gasteiger charge is -2.18. The van der Waals surface area contributed by atoms with Crippen molar-refractivity contribution in [3.05, 3.63) is 94.1 Å². The maximum Gasteiger partial charge on any atom is 0.257 e. The predicted octanol–water partition coefficient (Wildman–Crippen LogP) is 4.76. The van der Waals surface area contributed by atoms with Gasteiger partial charge in [0.15, 0.2) is 0 Å². The van der Waals surface area contributed by atoms with Crippen molar-refractivity contribution in [3.63, 3.8) is 0 Å². The molecule has 1 aromatic heterocycles. The molecule has 0 unspecified atom stereocenters. The summed E-state index contributed by atoms with van der Waals surface area (Å²) >= 11 is 0. The summed E-state index contributed by atoms with van der Waals surface area (Å²) in [4.78, 5) is 28.8. The van der Waals surface area contributed by atoms with Gasteiger partial charge in [-0.2, -0.15) is 4.80 Å². The maximum atomic E-state index is 13.0. The van der Waals surface area contributed by atoms with Crippen LogP contribution in [-0.2, 0) is 22.6 Å². The number of phenolic OH excluding ortho intramolecular Hbond substituents is 1. The van der Waals surface area contributed by atoms with Gasteiger partial charge in [-0.3, -0.25) is 14.5 Å². The summed E-state index contributed by atoms with van der Waals surface area (Å²) in [7, 11) is 0. The standard InChI is InChI=1S/C29H26N4O3/c1-18-14-20(16-19-8-2-7-13-26(19)33-30-24-11-5-6-12-25(24)31-33)27(34)21(15-18)17-32-28(35)22-9-3-4-10-23(22)29(32)36/h2,5-8,11-15,34H,3-4,9-10,16-17H2,1H3. The first kappa shape index (κ1) is 22.2. The van der Waals surface area contributed by atoms with E-state index in [1.807, 2.05) is 67.6 Å². The van der Waals surface area contributed by atoms with Crippen LogP contribution >= 0.6 is 0 Å². The number of phenols is 1. The predicted molar refractivity (Wildman–Crippen MR) is 136 cm³/mol. The highest BCUT2D eigenvalue weighted by molar-refractivity contribution is 6.19. The fraction of sp³-hybridized carbons (Fsp3) is 0.241. The van der Waals surface area contributed by atoms with Gasteiger partial charge in [-0.1, -0.05) is 48.0 Å². The van der Waals surface area contributed by atoms with Crippen molar-refractivity contribution in [3.8, 4) is 11.4 Å². The Labute approximate surface area is 208 Å². The van der Waals surface area contributed by atoms with Gasteiger partial charge < -0.3 is 5.11 Å². The Hall–Kier alpha value is -4.26. The third-order valence-corrected chi connectivity index (χ3v) is 7.09. The van der Waals surface area contributed by atoms with E-state index in [9.17, 15) is 14.7 Å². The highest BCUT2D eigenvalue weighted by Crippen LogP contribution is 2.36. The summed E-state index contributed by atoms with van der Waals surface area (Å²) in [6.45, 7) is 2.02. The number of carbonyl (C=O) groups is 2. The van der Waals surface area contributed by atoms with E-state index >= 15 is 0 Å². The number of fused-ring (bicyclic) bond motifs is 1. The molecular formula is C29H26N4O3. The first-order chi connectivity index (χ1) is 17.5. The van der Waals surface area contributed by atoms with E-state index in [0.29, 0.717) is 36.0 Å². The normalized spacial score (nSPS) is 15.8. The molecule has 2 heterocycles. The lowest BCUT2D eigenvalue weighted by atomic mass is 9.93. The van der Waals surface area contributed by atoms with E-state index in [1.165, 1.54) is 4.90 Å². The largest absolute Gasteiger partial charge is 0.507 e. The van der Waals surface area contributed by atoms with E-state index in [1.54, 1.807) is 4.80 Å². The molecule has 1 aliphatic heterocycles. The fourth-order valence-electron chi connectivity index (χ4n) is 5.33. The number of benzene rings is 3. The van der Waals surface area contributed by atoms with Crippen LogP contribution in [0.2, 0.25) is 0 Å². The molecule has 6 rings (SSSR count). The van der Waals surface area contributed by atoms with Gasteiger partial charge in [0.1, 0.15) is 16.8 Å². The van der Waals surface area contributed by atoms with Crippen molar-refractivity contribution in [2.75, 3.05) is 0 Å². The number of rotatable bonds is 5. The number of imide groups is 1. The number of aromatic hydroxyl groups is 1. The highest BCUT2D eigenvalue weighted by Gasteiger charge is 2.39. The Bertz CT molecular complexity index is 1510. The molecule has 7 nitrogen and oxygen atoms in total. The summed E-state index contributed by atoms with van der Waals surface area (Å²) < 4.78 is 0. The molecule has 7 heteroatoms. The molecule has 2 amide bonds. The van der Waals surface area contributed by atoms with Crippen molar-refractivity contribution >= 4 is 22.8 Å². The van der Waals surface area contributed by atoms with Crippen LogP contribution in [0.5, 0.6) is 5.75 Å². The number of nitrogens with zero attached hydrogens (tertiary/aromatic N) is 4. The maximum absolute atomic E-state index is 13.0. The number of para-hydroxylation sites is 1. The molecule has 0 fully saturated rings. The molecule has 4 aromatic rings. The molecule has 0 bridgehead atoms. The highest BCUT2D eigenvalue weighted by atomic mass is 16.3. The lowest BCUT2D eigenvalue weighted by molar-refractivity contribution is -0.138. The summed E-state index contributed by atoms with van der Waals surface area (Å²) in [6, 6.07) is 19.4. The Morgan fingerprint density at radius 2 is 1.39 bits per heavy atom. The zero-order valence-electron chi connectivity index (χ0n) is 20.1. The van der Waals surface area contributed by atoms with Gasteiger partial charge in [0.25, 0.3) is 11.8 Å². The van der Waals surface area contributed by atoms with E-state index in [2.05, 4.69) is 10.2 Å². The summed E-state index contributed by atoms with van der Waals surface area (Å²) in [5.41, 5.74) is 6.98. The molecule has 0 saturated carbocycles. The quantitative estimate of drug-likeness (QED) is 0.418. The lowest BCUT2D eigenvalue weighted by Crippen LogP contribution is -2.31. The average molecular weight is 479 g/mol. The molecule has 2 aliphatic rings. The van der Waals surface area contributed by atoms with Gasteiger partial charge in [-0.15, -0.1) is 10.2 Å². The second-order valence-electron chi connectivity index (χ2n) is 9.58. The topological polar surface area (TPSA) is 88.3 Å². The number of amides is 2. The van der Waals surface area contributed by atoms with Crippen LogP contribution in [0.15, 0.2) is 71.8 Å². The van der Waals surface area contributed by atoms with Gasteiger partial charge >= 0.3 is 0 Å². The third kappa shape index (κ3) is 3.77. The van der Waals surface area contributed by atoms with Gasteiger partial charge in [-0.25, -0.2) is 0 Å². The number of hydrogen-bond acceptors (Lipinski definition) is 5. The minimum Gasteiger partial charge on any atom is -0.507 e. The van der Waals surface area contributed by atoms with Gasteiger partial charge in [-0.05, 0) is 61.9 Å². The summed E-state index contributed by atoms with van der Waals surface area (Å²) in [6.07, 6.45) is 3.64. The van der Waals surface area contributed by atoms with Crippen molar-refractivity contribution in [1.82, 2.24) is 19.9 Å². The van der Waals surface area contributed by atoms with Crippen LogP contribution in [0.25, 0.3) is 16.7 Å². The van der Waals surface area contributed by atoms with Crippen LogP contribution in [-0.4, -0.2) is 36.8 Å². The van der Waals surface area contributed by atoms with Gasteiger partial charge in [0.2, 0.25) is 0 Å². The zero-order chi connectivity index (χ0) is 24.8. The van der Waals surface area contributed by atoms with Crippen LogP contribution in [0.4, 0.5) is 0 Å². The smallest absolute Gasteiger partial charge is 0.257 e. The Morgan fingerprint density at radius 3 is 2.06 bits per heavy atom. The Kier molecular flexibility index (Phi) is 5.40. The first-order valence-electron chi connectivity index (χ1n) is 12.3. The monoisotopic (exact) mass is 478 g/mol. The Balaban J connectivity index is 1.32. The number of carbonyl (C=O) groups excluding carboxylic acids is 2. The second-order valence-corrected chi connectivity index (χ2v) is 9.58. The molecule has 180 valence electrons. The van der Waals surface area contributed by atoms with Crippen LogP contribution in [0, 0.1) is 6.92 Å². The van der Waals surface area contributed by atoms with Crippen molar-refractivity contribution in [2.24, 2.45) is 0 Å². The van der Waals surface area contributed by atoms with Crippen LogP contribution < -0.4 is 0 Å². The van der Waals surface area contributed by atoms with E-state index in [-0.39, 0.29) is 24.1 Å². The minimum atomic E-state index is -0.209. The zero-order valence-corrected chi connectivity index (χ0v) is 20.1. The van der Waals surface area contributed by atoms with E-state index in [0.717, 1.165) is 46.3 Å². The fourth-order valence-corrected chi connectivity index (χ4v) is 5.33. The van der Waals surface area contributed by atoms with Crippen molar-refractivity contribution < 1.29 is 14.7 Å². The number of aryl methyl sites for hydroxylation is 1. The first-order valence-corrected chi connectivity index (χ1v) is 12.3. The van der Waals surface area contributed by atoms with Gasteiger partial charge in [0.05, 0.1) is 12.2 Å². The van der Waals surface area contributed by atoms with Crippen LogP contribution in [0.1, 0.15) is 47.9 Å². The molecule has 1 N–H and O–H groups in total. The Morgan fingerprint density at radius 1 is 0.806 bits per heavy atom. The average Bonchev–Trinajstić information content (AvgIpc) is 3.42. The van der Waals surface area contributed by atoms with Crippen molar-refractivity contribution in [2.45, 2.75) is 45.6 Å². The summed E-state index contributed by atoms with van der Waals surface area (Å²) in [5.74, 6) is -0.307. The van der Waals surface area contributed by atoms with E-state index in [4.69, 9.17) is 0 Å². The SMILES string of the molecule is Cc1cc(Cc2ccccc2-n2nc3ccccc3n2)c(O)c(CN2C(=O)C3=C(CCCC3)C2=O)c1. The number of aromatic nitrogens is 3. The molecule has 36 heavy (non-hydrogen) atoms. The van der Waals surface area contributed by atoms with E-state index < -0.39 is 0 Å². The molecular weight excluding hydrogens is 452 g/mol. The minimum absolute atomic E-state index is 0.0684. The molecule has 0 saturated heterocycles. The van der Waals surface area contributed by atoms with Crippen LogP contribution in [0.3, 0.4) is 0 Å². The molecule has 0 spiro atoms. The summed E-state index contributed by atoms with van der Waals surface area (Å²) in [5, 5.41) is 20.5. The van der Waals surface area contributed by atoms with Crippen molar-refractivity contribution in [1.29, 1.82) is 0 Å². The third-order valence-electron chi connectivity index (χ3n) is 7.09. The van der Waals surface area contributed by atoms with Gasteiger partial charge in [0, 0.05) is 23.1 Å². The second kappa shape index (κ2) is 8.75.